The molecule has 42 heavy (non-hydrogen) atoms. The lowest BCUT2D eigenvalue weighted by Crippen LogP contribution is -2.68. The van der Waals surface area contributed by atoms with E-state index < -0.39 is 23.5 Å². The number of nitrogens with one attached hydrogen (secondary N) is 1. The minimum atomic E-state index is -4.94. The summed E-state index contributed by atoms with van der Waals surface area (Å²) < 4.78 is 39.9. The minimum absolute atomic E-state index is 0.209. The summed E-state index contributed by atoms with van der Waals surface area (Å²) in [5, 5.41) is 6.46. The molecule has 214 valence electrons. The van der Waals surface area contributed by atoms with E-state index in [-0.39, 0.29) is 11.6 Å². The monoisotopic (exact) mass is 622 g/mol. The van der Waals surface area contributed by atoms with Gasteiger partial charge in [-0.2, -0.15) is 0 Å². The zero-order valence-electron chi connectivity index (χ0n) is 22.1. The topological polar surface area (TPSA) is 161 Å². The van der Waals surface area contributed by atoms with Crippen LogP contribution in [0.1, 0.15) is 20.8 Å². The number of halogens is 1. The summed E-state index contributed by atoms with van der Waals surface area (Å²) in [6, 6.07) is 39.5. The average molecular weight is 623 g/mol. The molecule has 0 saturated heterocycles. The lowest BCUT2D eigenvalue weighted by Gasteiger charge is -2.26. The maximum absolute atomic E-state index is 13.2. The Hall–Kier alpha value is -3.99. The molecule has 5 rings (SSSR count). The van der Waals surface area contributed by atoms with Crippen LogP contribution in [0, 0.1) is 10.2 Å². The first-order valence-electron chi connectivity index (χ1n) is 12.3. The van der Waals surface area contributed by atoms with Crippen molar-refractivity contribution in [2.45, 2.75) is 0 Å². The molecule has 0 unspecified atom stereocenters. The number of aromatic nitrogens is 1. The molecule has 1 amide bonds. The molecule has 0 fully saturated rings. The van der Waals surface area contributed by atoms with Gasteiger partial charge < -0.3 is 4.74 Å². The highest BCUT2D eigenvalue weighted by atomic mass is 35.7. The van der Waals surface area contributed by atoms with Gasteiger partial charge in [0.15, 0.2) is 17.0 Å². The fourth-order valence-electron chi connectivity index (χ4n) is 4.34. The number of ether oxygens (including phenoxy) is 1. The standard InChI is InChI=1S/C30H23N2O3PS.ClHO4/c1-35-28(34)26-29(37-30(31-26)32-27(33)22-14-6-2-7-15-22)36(23-16-8-3-9-17-23,24-18-10-4-11-19-24)25-20-12-5-13-21-25;2-1(3,4)5/h2-21H,1H3;(H,2,3,4,5). The summed E-state index contributed by atoms with van der Waals surface area (Å²) in [6.45, 7) is 0. The van der Waals surface area contributed by atoms with Gasteiger partial charge in [-0.05, 0) is 48.5 Å². The Balaban J connectivity index is 0.000000748. The fourth-order valence-corrected chi connectivity index (χ4v) is 10.7. The van der Waals surface area contributed by atoms with Crippen molar-refractivity contribution in [3.05, 3.63) is 133 Å². The number of amides is 1. The molecule has 0 atom stereocenters. The van der Waals surface area contributed by atoms with E-state index >= 15 is 0 Å². The van der Waals surface area contributed by atoms with Gasteiger partial charge in [-0.3, -0.25) is 10.1 Å². The molecular formula is C30H24ClN2O7PS. The van der Waals surface area contributed by atoms with Crippen LogP contribution in [0.4, 0.5) is 5.13 Å². The van der Waals surface area contributed by atoms with E-state index in [0.29, 0.717) is 10.7 Å². The Morgan fingerprint density at radius 2 is 1.10 bits per heavy atom. The van der Waals surface area contributed by atoms with Crippen molar-refractivity contribution in [3.8, 4) is 0 Å². The van der Waals surface area contributed by atoms with Crippen molar-refractivity contribution in [1.82, 2.24) is 4.98 Å². The lowest BCUT2D eigenvalue weighted by atomic mass is 10.2. The van der Waals surface area contributed by atoms with Crippen molar-refractivity contribution in [1.29, 1.82) is 0 Å². The van der Waals surface area contributed by atoms with Gasteiger partial charge in [-0.1, -0.05) is 84.1 Å². The predicted octanol–water partition coefficient (Wildman–Crippen LogP) is 0.0454. The van der Waals surface area contributed by atoms with Gasteiger partial charge in [0.25, 0.3) is 5.91 Å². The fraction of sp³-hybridized carbons (Fsp3) is 0.0333. The summed E-state index contributed by atoms with van der Waals surface area (Å²) in [4.78, 5) is 30.8. The number of carbonyl (C=O) groups excluding carboxylic acids is 2. The van der Waals surface area contributed by atoms with Gasteiger partial charge >= 0.3 is 5.97 Å². The van der Waals surface area contributed by atoms with Crippen molar-refractivity contribution < 1.29 is 43.2 Å². The van der Waals surface area contributed by atoms with Crippen LogP contribution < -0.4 is 44.5 Å². The van der Waals surface area contributed by atoms with E-state index in [9.17, 15) is 9.59 Å². The van der Waals surface area contributed by atoms with Gasteiger partial charge in [0.2, 0.25) is 5.69 Å². The predicted molar refractivity (Wildman–Crippen MR) is 153 cm³/mol. The summed E-state index contributed by atoms with van der Waals surface area (Å²) >= 11 is 1.32. The van der Waals surface area contributed by atoms with Gasteiger partial charge in [-0.15, -0.1) is 10.2 Å². The lowest BCUT2D eigenvalue weighted by molar-refractivity contribution is -2.00. The molecule has 4 aromatic carbocycles. The van der Waals surface area contributed by atoms with Crippen LogP contribution in [-0.4, -0.2) is 24.0 Å². The number of methoxy groups -OCH3 is 1. The summed E-state index contributed by atoms with van der Waals surface area (Å²) in [5.41, 5.74) is 0.717. The third-order valence-corrected chi connectivity index (χ3v) is 11.9. The summed E-state index contributed by atoms with van der Waals surface area (Å²) in [7, 11) is -6.20. The zero-order chi connectivity index (χ0) is 30.2. The number of rotatable bonds is 7. The number of carbonyl (C=O) groups is 2. The van der Waals surface area contributed by atoms with Crippen LogP contribution in [0.25, 0.3) is 0 Å². The molecule has 9 nitrogen and oxygen atoms in total. The molecule has 0 radical (unpaired) electrons. The molecule has 0 aliphatic carbocycles. The van der Waals surface area contributed by atoms with Crippen molar-refractivity contribution >= 4 is 56.1 Å². The highest BCUT2D eigenvalue weighted by Gasteiger charge is 2.52. The molecular weight excluding hydrogens is 599 g/mol. The number of thiazole rings is 1. The van der Waals surface area contributed by atoms with Crippen LogP contribution in [0.3, 0.4) is 0 Å². The van der Waals surface area contributed by atoms with E-state index in [1.807, 2.05) is 60.7 Å². The van der Waals surface area contributed by atoms with Crippen LogP contribution >= 0.6 is 18.6 Å². The molecule has 1 aromatic heterocycles. The maximum atomic E-state index is 13.2. The van der Waals surface area contributed by atoms with E-state index in [1.54, 1.807) is 24.3 Å². The van der Waals surface area contributed by atoms with Crippen LogP contribution in [0.2, 0.25) is 0 Å². The Morgan fingerprint density at radius 3 is 1.48 bits per heavy atom. The molecule has 5 aromatic rings. The first kappa shape index (κ1) is 31.0. The van der Waals surface area contributed by atoms with Crippen molar-refractivity contribution in [2.75, 3.05) is 12.4 Å². The van der Waals surface area contributed by atoms with E-state index in [0.717, 1.165) is 20.5 Å². The van der Waals surface area contributed by atoms with Gasteiger partial charge in [0.05, 0.1) is 7.11 Å². The molecule has 12 heteroatoms. The smallest absolute Gasteiger partial charge is 0.361 e. The van der Waals surface area contributed by atoms with Gasteiger partial charge in [0, 0.05) is 5.56 Å². The van der Waals surface area contributed by atoms with Crippen LogP contribution in [0.5, 0.6) is 0 Å². The zero-order valence-corrected chi connectivity index (χ0v) is 24.6. The van der Waals surface area contributed by atoms with Crippen LogP contribution in [-0.2, 0) is 4.74 Å². The number of benzene rings is 4. The number of hydrogen-bond donors (Lipinski definition) is 1. The molecule has 0 bridgehead atoms. The molecule has 0 aliphatic heterocycles. The van der Waals surface area contributed by atoms with E-state index in [4.69, 9.17) is 23.4 Å². The second-order valence-electron chi connectivity index (χ2n) is 8.54. The second-order valence-corrected chi connectivity index (χ2v) is 13.9. The quantitative estimate of drug-likeness (QED) is 0.197. The average Bonchev–Trinajstić information content (AvgIpc) is 3.42. The SMILES string of the molecule is COC(=O)c1nc(NC(=O)c2ccccc2)sc1[P+](c1ccccc1)(c1ccccc1)c1ccccc1.[O-][Cl+3]([O-])([O-])[O-]. The Morgan fingerprint density at radius 1 is 0.714 bits per heavy atom. The Labute approximate surface area is 248 Å². The molecule has 1 N–H and O–H groups in total. The Bertz CT molecular complexity index is 1520. The van der Waals surface area contributed by atoms with Gasteiger partial charge in [0.1, 0.15) is 15.9 Å². The first-order chi connectivity index (χ1) is 20.1. The molecule has 1 heterocycles. The second kappa shape index (κ2) is 13.8. The van der Waals surface area contributed by atoms with E-state index in [1.165, 1.54) is 18.4 Å². The van der Waals surface area contributed by atoms with Crippen molar-refractivity contribution in [3.63, 3.8) is 0 Å². The highest BCUT2D eigenvalue weighted by molar-refractivity contribution is 8.04. The third-order valence-electron chi connectivity index (χ3n) is 5.98. The maximum Gasteiger partial charge on any atom is 0.361 e. The number of hydrogen-bond acceptors (Lipinski definition) is 9. The van der Waals surface area contributed by atoms with Crippen LogP contribution in [0.15, 0.2) is 121 Å². The molecule has 0 saturated carbocycles. The first-order valence-corrected chi connectivity index (χ1v) is 16.1. The highest BCUT2D eigenvalue weighted by Crippen LogP contribution is 2.56. The number of nitrogens with zero attached hydrogens (tertiary/aromatic N) is 1. The largest absolute Gasteiger partial charge is 0.464 e. The molecule has 0 aliphatic rings. The van der Waals surface area contributed by atoms with Crippen molar-refractivity contribution in [2.24, 2.45) is 0 Å². The molecule has 0 spiro atoms. The number of anilines is 1. The third kappa shape index (κ3) is 7.25. The number of esters is 1. The summed E-state index contributed by atoms with van der Waals surface area (Å²) in [5.74, 6) is -0.834. The Kier molecular flexibility index (Phi) is 10.2. The minimum Gasteiger partial charge on any atom is -0.464 e. The van der Waals surface area contributed by atoms with E-state index in [2.05, 4.69) is 46.7 Å². The normalized spacial score (nSPS) is 11.2. The van der Waals surface area contributed by atoms with Gasteiger partial charge in [-0.25, -0.2) is 28.4 Å². The summed E-state index contributed by atoms with van der Waals surface area (Å²) in [6.07, 6.45) is 0.